The summed E-state index contributed by atoms with van der Waals surface area (Å²) in [6.07, 6.45) is 3.14. The zero-order valence-corrected chi connectivity index (χ0v) is 19.0. The molecular formula is C22H20N4O4S2. The van der Waals surface area contributed by atoms with Crippen molar-refractivity contribution in [2.75, 3.05) is 23.3 Å². The number of fused-ring (bicyclic) bond motifs is 1. The van der Waals surface area contributed by atoms with Gasteiger partial charge in [0.25, 0.3) is 10.0 Å². The Labute approximate surface area is 189 Å². The predicted molar refractivity (Wildman–Crippen MR) is 125 cm³/mol. The lowest BCUT2D eigenvalue weighted by molar-refractivity contribution is -0.114. The molecule has 2 aromatic carbocycles. The second-order valence-electron chi connectivity index (χ2n) is 6.90. The van der Waals surface area contributed by atoms with Crippen LogP contribution in [0.2, 0.25) is 0 Å². The van der Waals surface area contributed by atoms with E-state index >= 15 is 0 Å². The Balaban J connectivity index is 1.75. The van der Waals surface area contributed by atoms with Gasteiger partial charge < -0.3 is 10.1 Å². The number of hydrogen-bond acceptors (Lipinski definition) is 7. The lowest BCUT2D eigenvalue weighted by Crippen LogP contribution is -2.38. The molecule has 32 heavy (non-hydrogen) atoms. The van der Waals surface area contributed by atoms with Crippen LogP contribution in [0.1, 0.15) is 5.69 Å². The van der Waals surface area contributed by atoms with E-state index in [4.69, 9.17) is 4.74 Å². The molecule has 1 N–H and O–H groups in total. The minimum absolute atomic E-state index is 0.0890. The van der Waals surface area contributed by atoms with Crippen molar-refractivity contribution in [3.8, 4) is 5.75 Å². The van der Waals surface area contributed by atoms with Crippen molar-refractivity contribution < 1.29 is 17.9 Å². The summed E-state index contributed by atoms with van der Waals surface area (Å²) < 4.78 is 33.8. The average Bonchev–Trinajstić information content (AvgIpc) is 3.21. The molecule has 0 aliphatic rings. The molecule has 1 amide bonds. The van der Waals surface area contributed by atoms with Gasteiger partial charge in [0.05, 0.1) is 23.4 Å². The van der Waals surface area contributed by atoms with E-state index in [1.165, 1.54) is 30.7 Å². The highest BCUT2D eigenvalue weighted by Crippen LogP contribution is 2.30. The molecule has 0 aliphatic carbocycles. The summed E-state index contributed by atoms with van der Waals surface area (Å²) >= 11 is 1.28. The summed E-state index contributed by atoms with van der Waals surface area (Å²) in [6.45, 7) is 1.39. The Morgan fingerprint density at radius 1 is 1.16 bits per heavy atom. The molecule has 2 aromatic heterocycles. The Morgan fingerprint density at radius 2 is 1.94 bits per heavy atom. The van der Waals surface area contributed by atoms with Crippen molar-refractivity contribution in [3.05, 3.63) is 72.0 Å². The first-order valence-corrected chi connectivity index (χ1v) is 11.9. The van der Waals surface area contributed by atoms with Gasteiger partial charge in [-0.1, -0.05) is 12.1 Å². The summed E-state index contributed by atoms with van der Waals surface area (Å²) in [6, 6.07) is 13.1. The molecule has 0 fully saturated rings. The number of rotatable bonds is 7. The maximum atomic E-state index is 13.8. The molecular weight excluding hydrogens is 448 g/mol. The van der Waals surface area contributed by atoms with Crippen LogP contribution in [-0.4, -0.2) is 37.9 Å². The molecule has 0 saturated heterocycles. The fourth-order valence-electron chi connectivity index (χ4n) is 3.20. The van der Waals surface area contributed by atoms with E-state index in [1.54, 1.807) is 54.0 Å². The molecule has 4 aromatic rings. The molecule has 0 radical (unpaired) electrons. The van der Waals surface area contributed by atoms with Gasteiger partial charge in [0, 0.05) is 28.5 Å². The van der Waals surface area contributed by atoms with E-state index in [9.17, 15) is 13.2 Å². The fraction of sp³-hybridized carbons (Fsp3) is 0.136. The highest BCUT2D eigenvalue weighted by atomic mass is 32.2. The number of methoxy groups -OCH3 is 1. The van der Waals surface area contributed by atoms with Crippen LogP contribution in [0.3, 0.4) is 0 Å². The molecule has 0 saturated carbocycles. The van der Waals surface area contributed by atoms with Crippen molar-refractivity contribution >= 4 is 48.9 Å². The predicted octanol–water partition coefficient (Wildman–Crippen LogP) is 3.84. The van der Waals surface area contributed by atoms with Crippen LogP contribution in [0.4, 0.5) is 10.8 Å². The standard InChI is InChI=1S/C22H20N4O4S2/c1-15-14-31-22(24-15)25-21(27)13-26(17-6-8-18(30-2)9-7-17)32(28,29)20-5-3-4-16-12-23-11-10-19(16)20/h3-12,14H,13H2,1-2H3,(H,24,25,27). The minimum Gasteiger partial charge on any atom is -0.497 e. The highest BCUT2D eigenvalue weighted by molar-refractivity contribution is 7.93. The molecule has 8 nitrogen and oxygen atoms in total. The van der Waals surface area contributed by atoms with E-state index in [2.05, 4.69) is 15.3 Å². The van der Waals surface area contributed by atoms with Gasteiger partial charge in [-0.2, -0.15) is 0 Å². The molecule has 4 rings (SSSR count). The number of nitrogens with one attached hydrogen (secondary N) is 1. The molecule has 0 atom stereocenters. The third-order valence-corrected chi connectivity index (χ3v) is 7.43. The van der Waals surface area contributed by atoms with E-state index in [0.29, 0.717) is 27.3 Å². The number of aromatic nitrogens is 2. The highest BCUT2D eigenvalue weighted by Gasteiger charge is 2.29. The zero-order chi connectivity index (χ0) is 22.7. The van der Waals surface area contributed by atoms with E-state index in [1.807, 2.05) is 6.92 Å². The molecule has 2 heterocycles. The van der Waals surface area contributed by atoms with Gasteiger partial charge >= 0.3 is 0 Å². The van der Waals surface area contributed by atoms with Gasteiger partial charge in [-0.05, 0) is 43.3 Å². The molecule has 164 valence electrons. The lowest BCUT2D eigenvalue weighted by Gasteiger charge is -2.24. The van der Waals surface area contributed by atoms with Gasteiger partial charge in [-0.25, -0.2) is 13.4 Å². The lowest BCUT2D eigenvalue weighted by atomic mass is 10.2. The quantitative estimate of drug-likeness (QED) is 0.442. The number of ether oxygens (including phenoxy) is 1. The Kier molecular flexibility index (Phi) is 6.06. The number of amides is 1. The van der Waals surface area contributed by atoms with Crippen LogP contribution >= 0.6 is 11.3 Å². The summed E-state index contributed by atoms with van der Waals surface area (Å²) in [5.74, 6) is 0.0747. The number of pyridine rings is 1. The van der Waals surface area contributed by atoms with Gasteiger partial charge in [-0.15, -0.1) is 11.3 Å². The molecule has 0 unspecified atom stereocenters. The van der Waals surface area contributed by atoms with Gasteiger partial charge in [0.15, 0.2) is 5.13 Å². The molecule has 0 spiro atoms. The van der Waals surface area contributed by atoms with Crippen molar-refractivity contribution in [1.29, 1.82) is 0 Å². The average molecular weight is 469 g/mol. The first-order chi connectivity index (χ1) is 15.4. The topological polar surface area (TPSA) is 101 Å². The van der Waals surface area contributed by atoms with E-state index in [-0.39, 0.29) is 4.90 Å². The number of thiazole rings is 1. The smallest absolute Gasteiger partial charge is 0.265 e. The van der Waals surface area contributed by atoms with Crippen molar-refractivity contribution in [1.82, 2.24) is 9.97 Å². The Hall–Kier alpha value is -3.50. The second kappa shape index (κ2) is 8.93. The normalized spacial score (nSPS) is 11.3. The molecule has 0 aliphatic heterocycles. The summed E-state index contributed by atoms with van der Waals surface area (Å²) in [5, 5.41) is 6.10. The Morgan fingerprint density at radius 3 is 2.62 bits per heavy atom. The number of carbonyl (C=O) groups excluding carboxylic acids is 1. The third-order valence-electron chi connectivity index (χ3n) is 4.72. The van der Waals surface area contributed by atoms with Crippen LogP contribution in [0, 0.1) is 6.92 Å². The first-order valence-electron chi connectivity index (χ1n) is 9.60. The van der Waals surface area contributed by atoms with Crippen molar-refractivity contribution in [2.24, 2.45) is 0 Å². The maximum absolute atomic E-state index is 13.8. The van der Waals surface area contributed by atoms with Crippen molar-refractivity contribution in [3.63, 3.8) is 0 Å². The molecule has 0 bridgehead atoms. The first kappa shape index (κ1) is 21.7. The summed E-state index contributed by atoms with van der Waals surface area (Å²) in [7, 11) is -2.57. The summed E-state index contributed by atoms with van der Waals surface area (Å²) in [5.41, 5.74) is 1.11. The number of benzene rings is 2. The zero-order valence-electron chi connectivity index (χ0n) is 17.3. The maximum Gasteiger partial charge on any atom is 0.265 e. The third kappa shape index (κ3) is 4.41. The SMILES string of the molecule is COc1ccc(N(CC(=O)Nc2nc(C)cs2)S(=O)(=O)c2cccc3cnccc23)cc1. The number of carbonyl (C=O) groups is 1. The van der Waals surface area contributed by atoms with Crippen LogP contribution in [0.15, 0.2) is 71.2 Å². The van der Waals surface area contributed by atoms with E-state index < -0.39 is 22.5 Å². The van der Waals surface area contributed by atoms with Gasteiger partial charge in [0.2, 0.25) is 5.91 Å². The van der Waals surface area contributed by atoms with Crippen LogP contribution in [0.25, 0.3) is 10.8 Å². The monoisotopic (exact) mass is 468 g/mol. The molecule has 10 heteroatoms. The van der Waals surface area contributed by atoms with Crippen LogP contribution < -0.4 is 14.4 Å². The van der Waals surface area contributed by atoms with Gasteiger partial charge in [0.1, 0.15) is 12.3 Å². The fourth-order valence-corrected chi connectivity index (χ4v) is 5.54. The van der Waals surface area contributed by atoms with Crippen molar-refractivity contribution in [2.45, 2.75) is 11.8 Å². The number of aryl methyl sites for hydroxylation is 1. The van der Waals surface area contributed by atoms with Crippen LogP contribution in [-0.2, 0) is 14.8 Å². The summed E-state index contributed by atoms with van der Waals surface area (Å²) in [4.78, 5) is 21.1. The van der Waals surface area contributed by atoms with Gasteiger partial charge in [-0.3, -0.25) is 14.1 Å². The second-order valence-corrected chi connectivity index (χ2v) is 9.59. The Bertz CT molecular complexity index is 1360. The van der Waals surface area contributed by atoms with Crippen LogP contribution in [0.5, 0.6) is 5.75 Å². The number of hydrogen-bond donors (Lipinski definition) is 1. The number of anilines is 2. The van der Waals surface area contributed by atoms with E-state index in [0.717, 1.165) is 10.00 Å². The number of nitrogens with zero attached hydrogens (tertiary/aromatic N) is 3. The largest absolute Gasteiger partial charge is 0.497 e. The number of sulfonamides is 1. The minimum atomic E-state index is -4.10.